The van der Waals surface area contributed by atoms with Gasteiger partial charge in [-0.05, 0) is 26.0 Å². The van der Waals surface area contributed by atoms with Crippen LogP contribution in [0.4, 0.5) is 10.1 Å². The molecule has 1 amide bonds. The molecule has 0 saturated heterocycles. The van der Waals surface area contributed by atoms with E-state index in [1.807, 2.05) is 6.07 Å². The Kier molecular flexibility index (Phi) is 3.59. The van der Waals surface area contributed by atoms with Gasteiger partial charge in [-0.1, -0.05) is 0 Å². The van der Waals surface area contributed by atoms with Crippen molar-refractivity contribution in [3.63, 3.8) is 0 Å². The number of rotatable bonds is 2. The van der Waals surface area contributed by atoms with Crippen molar-refractivity contribution in [2.75, 3.05) is 5.32 Å². The first kappa shape index (κ1) is 12.1. The number of nitrogens with two attached hydrogens (primary N) is 1. The summed E-state index contributed by atoms with van der Waals surface area (Å²) in [6.07, 6.45) is 0. The second-order valence-electron chi connectivity index (χ2n) is 3.52. The van der Waals surface area contributed by atoms with Crippen LogP contribution in [-0.2, 0) is 4.79 Å². The van der Waals surface area contributed by atoms with Crippen LogP contribution in [0.3, 0.4) is 0 Å². The Morgan fingerprint density at radius 3 is 2.75 bits per heavy atom. The number of nitrogens with one attached hydrogen (secondary N) is 1. The van der Waals surface area contributed by atoms with Crippen molar-refractivity contribution in [3.05, 3.63) is 29.1 Å². The highest BCUT2D eigenvalue weighted by molar-refractivity contribution is 5.95. The molecule has 0 aliphatic rings. The van der Waals surface area contributed by atoms with Gasteiger partial charge in [0.2, 0.25) is 5.91 Å². The minimum absolute atomic E-state index is 0.156. The summed E-state index contributed by atoms with van der Waals surface area (Å²) in [6.45, 7) is 3.04. The van der Waals surface area contributed by atoms with E-state index in [-0.39, 0.29) is 16.8 Å². The lowest BCUT2D eigenvalue weighted by atomic mass is 10.1. The number of hydrogen-bond acceptors (Lipinski definition) is 3. The van der Waals surface area contributed by atoms with Gasteiger partial charge in [0.1, 0.15) is 5.82 Å². The van der Waals surface area contributed by atoms with Crippen LogP contribution in [0.15, 0.2) is 12.1 Å². The number of anilines is 1. The van der Waals surface area contributed by atoms with E-state index >= 15 is 0 Å². The van der Waals surface area contributed by atoms with Crippen LogP contribution in [0.5, 0.6) is 0 Å². The third kappa shape index (κ3) is 2.55. The van der Waals surface area contributed by atoms with Crippen LogP contribution in [0.25, 0.3) is 0 Å². The van der Waals surface area contributed by atoms with Gasteiger partial charge in [0.15, 0.2) is 0 Å². The van der Waals surface area contributed by atoms with E-state index in [9.17, 15) is 9.18 Å². The van der Waals surface area contributed by atoms with Gasteiger partial charge in [0.05, 0.1) is 17.7 Å². The maximum absolute atomic E-state index is 13.3. The molecule has 0 radical (unpaired) electrons. The third-order valence-corrected chi connectivity index (χ3v) is 2.14. The van der Waals surface area contributed by atoms with E-state index < -0.39 is 17.8 Å². The minimum Gasteiger partial charge on any atom is -0.324 e. The molecule has 0 heterocycles. The van der Waals surface area contributed by atoms with E-state index in [1.54, 1.807) is 0 Å². The lowest BCUT2D eigenvalue weighted by molar-refractivity contribution is -0.117. The van der Waals surface area contributed by atoms with Crippen LogP contribution >= 0.6 is 0 Å². The molecular weight excluding hydrogens is 209 g/mol. The number of amides is 1. The number of hydrogen-bond donors (Lipinski definition) is 2. The van der Waals surface area contributed by atoms with Crippen molar-refractivity contribution in [3.8, 4) is 6.07 Å². The maximum atomic E-state index is 13.3. The fourth-order valence-electron chi connectivity index (χ4n) is 1.12. The zero-order chi connectivity index (χ0) is 12.3. The Hall–Kier alpha value is -1.93. The lowest BCUT2D eigenvalue weighted by Gasteiger charge is -2.11. The number of nitriles is 1. The van der Waals surface area contributed by atoms with Crippen molar-refractivity contribution < 1.29 is 9.18 Å². The molecule has 84 valence electrons. The SMILES string of the molecule is Cc1c(F)cc(C#N)cc1NC(=O)C(C)N. The molecule has 5 heteroatoms. The first-order valence-electron chi connectivity index (χ1n) is 4.72. The second kappa shape index (κ2) is 4.73. The lowest BCUT2D eigenvalue weighted by Crippen LogP contribution is -2.32. The van der Waals surface area contributed by atoms with Crippen molar-refractivity contribution in [1.82, 2.24) is 0 Å². The molecule has 1 unspecified atom stereocenters. The summed E-state index contributed by atoms with van der Waals surface area (Å²) >= 11 is 0. The minimum atomic E-state index is -0.687. The van der Waals surface area contributed by atoms with E-state index in [0.29, 0.717) is 0 Å². The Morgan fingerprint density at radius 2 is 2.25 bits per heavy atom. The van der Waals surface area contributed by atoms with Gasteiger partial charge in [-0.15, -0.1) is 0 Å². The summed E-state index contributed by atoms with van der Waals surface area (Å²) in [6, 6.07) is 3.67. The van der Waals surface area contributed by atoms with Gasteiger partial charge in [-0.25, -0.2) is 4.39 Å². The zero-order valence-electron chi connectivity index (χ0n) is 9.04. The molecule has 1 aromatic rings. The summed E-state index contributed by atoms with van der Waals surface area (Å²) in [5, 5.41) is 11.1. The third-order valence-electron chi connectivity index (χ3n) is 2.14. The number of nitrogens with zero attached hydrogens (tertiary/aromatic N) is 1. The van der Waals surface area contributed by atoms with Crippen molar-refractivity contribution in [2.45, 2.75) is 19.9 Å². The average molecular weight is 221 g/mol. The molecule has 0 aliphatic heterocycles. The Bertz CT molecular complexity index is 463. The first-order chi connectivity index (χ1) is 7.45. The molecule has 0 saturated carbocycles. The smallest absolute Gasteiger partial charge is 0.241 e. The van der Waals surface area contributed by atoms with Gasteiger partial charge in [0.25, 0.3) is 0 Å². The second-order valence-corrected chi connectivity index (χ2v) is 3.52. The molecule has 1 aromatic carbocycles. The first-order valence-corrected chi connectivity index (χ1v) is 4.72. The van der Waals surface area contributed by atoms with E-state index in [4.69, 9.17) is 11.0 Å². The average Bonchev–Trinajstić information content (AvgIpc) is 2.24. The van der Waals surface area contributed by atoms with E-state index in [0.717, 1.165) is 6.07 Å². The predicted octanol–water partition coefficient (Wildman–Crippen LogP) is 1.29. The molecule has 1 atom stereocenters. The van der Waals surface area contributed by atoms with Crippen LogP contribution in [0, 0.1) is 24.1 Å². The van der Waals surface area contributed by atoms with Gasteiger partial charge < -0.3 is 11.1 Å². The topological polar surface area (TPSA) is 78.9 Å². The molecule has 16 heavy (non-hydrogen) atoms. The molecule has 0 spiro atoms. The maximum Gasteiger partial charge on any atom is 0.241 e. The van der Waals surface area contributed by atoms with Gasteiger partial charge in [-0.3, -0.25) is 4.79 Å². The van der Waals surface area contributed by atoms with Gasteiger partial charge in [0, 0.05) is 11.3 Å². The summed E-state index contributed by atoms with van der Waals surface area (Å²) in [5.74, 6) is -0.948. The number of halogens is 1. The Labute approximate surface area is 92.9 Å². The Morgan fingerprint density at radius 1 is 1.62 bits per heavy atom. The fraction of sp³-hybridized carbons (Fsp3) is 0.273. The van der Waals surface area contributed by atoms with Gasteiger partial charge >= 0.3 is 0 Å². The molecule has 3 N–H and O–H groups in total. The quantitative estimate of drug-likeness (QED) is 0.789. The van der Waals surface area contributed by atoms with Crippen LogP contribution in [0.2, 0.25) is 0 Å². The molecule has 0 bridgehead atoms. The Balaban J connectivity index is 3.09. The molecule has 1 rings (SSSR count). The standard InChI is InChI=1S/C11H12FN3O/c1-6-9(12)3-8(5-13)4-10(6)15-11(16)7(2)14/h3-4,7H,14H2,1-2H3,(H,15,16). The van der Waals surface area contributed by atoms with Crippen molar-refractivity contribution >= 4 is 11.6 Å². The van der Waals surface area contributed by atoms with Crippen molar-refractivity contribution in [2.24, 2.45) is 5.73 Å². The van der Waals surface area contributed by atoms with Crippen molar-refractivity contribution in [1.29, 1.82) is 5.26 Å². The molecule has 0 aliphatic carbocycles. The molecule has 0 fully saturated rings. The summed E-state index contributed by atoms with van der Waals surface area (Å²) in [7, 11) is 0. The zero-order valence-corrected chi connectivity index (χ0v) is 9.04. The normalized spacial score (nSPS) is 11.7. The highest BCUT2D eigenvalue weighted by atomic mass is 19.1. The number of carbonyl (C=O) groups is 1. The summed E-state index contributed by atoms with van der Waals surface area (Å²) in [5.41, 5.74) is 6.09. The number of benzene rings is 1. The molecule has 0 aromatic heterocycles. The van der Waals surface area contributed by atoms with E-state index in [2.05, 4.69) is 5.32 Å². The monoisotopic (exact) mass is 221 g/mol. The predicted molar refractivity (Wildman–Crippen MR) is 58.1 cm³/mol. The highest BCUT2D eigenvalue weighted by Gasteiger charge is 2.12. The fourth-order valence-corrected chi connectivity index (χ4v) is 1.12. The highest BCUT2D eigenvalue weighted by Crippen LogP contribution is 2.20. The van der Waals surface area contributed by atoms with Gasteiger partial charge in [-0.2, -0.15) is 5.26 Å². The van der Waals surface area contributed by atoms with Crippen LogP contribution < -0.4 is 11.1 Å². The summed E-state index contributed by atoms with van der Waals surface area (Å²) < 4.78 is 13.3. The molecule has 4 nitrogen and oxygen atoms in total. The summed E-state index contributed by atoms with van der Waals surface area (Å²) in [4.78, 5) is 11.3. The van der Waals surface area contributed by atoms with E-state index in [1.165, 1.54) is 19.9 Å². The molecular formula is C11H12FN3O. The number of carbonyl (C=O) groups excluding carboxylic acids is 1. The van der Waals surface area contributed by atoms with Crippen LogP contribution in [0.1, 0.15) is 18.1 Å². The van der Waals surface area contributed by atoms with Crippen LogP contribution in [-0.4, -0.2) is 11.9 Å². The largest absolute Gasteiger partial charge is 0.324 e.